The highest BCUT2D eigenvalue weighted by molar-refractivity contribution is 5.65. The van der Waals surface area contributed by atoms with E-state index in [0.717, 1.165) is 0 Å². The van der Waals surface area contributed by atoms with E-state index in [9.17, 15) is 4.79 Å². The Bertz CT molecular complexity index is 168. The number of carbonyl (C=O) groups excluding carboxylic acids is 1. The number of hydrogen-bond acceptors (Lipinski definition) is 4. The van der Waals surface area contributed by atoms with Gasteiger partial charge in [0.25, 0.3) is 0 Å². The van der Waals surface area contributed by atoms with E-state index in [0.29, 0.717) is 0 Å². The highest BCUT2D eigenvalue weighted by atomic mass is 16.7. The molecule has 0 spiro atoms. The fraction of sp³-hybridized carbons (Fsp3) is 0.875. The van der Waals surface area contributed by atoms with E-state index in [2.05, 4.69) is 0 Å². The second kappa shape index (κ2) is 3.87. The molecule has 12 heavy (non-hydrogen) atoms. The molecule has 3 unspecified atom stereocenters. The van der Waals surface area contributed by atoms with E-state index in [1.165, 1.54) is 6.92 Å². The number of rotatable bonds is 2. The molecule has 1 saturated heterocycles. The van der Waals surface area contributed by atoms with Gasteiger partial charge >= 0.3 is 5.97 Å². The first-order valence-electron chi connectivity index (χ1n) is 4.04. The SMILES string of the molecule is CC(=O)OCC1OC(C)OC1C. The van der Waals surface area contributed by atoms with Crippen LogP contribution in [0.3, 0.4) is 0 Å². The van der Waals surface area contributed by atoms with Crippen LogP contribution < -0.4 is 0 Å². The summed E-state index contributed by atoms with van der Waals surface area (Å²) in [5, 5.41) is 0. The Balaban J connectivity index is 2.28. The summed E-state index contributed by atoms with van der Waals surface area (Å²) >= 11 is 0. The molecule has 70 valence electrons. The molecular weight excluding hydrogens is 160 g/mol. The predicted octanol–water partition coefficient (Wildman–Crippen LogP) is 0.699. The first kappa shape index (κ1) is 9.48. The van der Waals surface area contributed by atoms with Crippen molar-refractivity contribution in [1.82, 2.24) is 0 Å². The molecule has 1 rings (SSSR count). The second-order valence-corrected chi connectivity index (χ2v) is 2.89. The average Bonchev–Trinajstić information content (AvgIpc) is 2.26. The summed E-state index contributed by atoms with van der Waals surface area (Å²) in [5.74, 6) is -0.287. The van der Waals surface area contributed by atoms with Crippen molar-refractivity contribution in [2.24, 2.45) is 0 Å². The Morgan fingerprint density at radius 3 is 2.50 bits per heavy atom. The zero-order chi connectivity index (χ0) is 9.14. The van der Waals surface area contributed by atoms with E-state index >= 15 is 0 Å². The van der Waals surface area contributed by atoms with Crippen molar-refractivity contribution in [2.45, 2.75) is 39.3 Å². The molecule has 0 N–H and O–H groups in total. The van der Waals surface area contributed by atoms with Gasteiger partial charge in [-0.3, -0.25) is 4.79 Å². The zero-order valence-electron chi connectivity index (χ0n) is 7.57. The molecule has 1 heterocycles. The van der Waals surface area contributed by atoms with E-state index < -0.39 is 0 Å². The van der Waals surface area contributed by atoms with Crippen LogP contribution in [-0.4, -0.2) is 31.1 Å². The van der Waals surface area contributed by atoms with E-state index in [1.54, 1.807) is 0 Å². The Kier molecular flexibility index (Phi) is 3.05. The van der Waals surface area contributed by atoms with E-state index in [4.69, 9.17) is 14.2 Å². The largest absolute Gasteiger partial charge is 0.463 e. The molecule has 1 fully saturated rings. The van der Waals surface area contributed by atoms with Crippen LogP contribution in [0.4, 0.5) is 0 Å². The maximum Gasteiger partial charge on any atom is 0.302 e. The van der Waals surface area contributed by atoms with Crippen molar-refractivity contribution in [1.29, 1.82) is 0 Å². The smallest absolute Gasteiger partial charge is 0.302 e. The minimum atomic E-state index is -0.287. The van der Waals surface area contributed by atoms with Crippen LogP contribution in [0.15, 0.2) is 0 Å². The van der Waals surface area contributed by atoms with E-state index in [-0.39, 0.29) is 31.1 Å². The highest BCUT2D eigenvalue weighted by Crippen LogP contribution is 2.18. The molecule has 4 heteroatoms. The van der Waals surface area contributed by atoms with Gasteiger partial charge in [-0.05, 0) is 13.8 Å². The minimum absolute atomic E-state index is 0.000602. The van der Waals surface area contributed by atoms with Gasteiger partial charge in [0.05, 0.1) is 6.10 Å². The zero-order valence-corrected chi connectivity index (χ0v) is 7.57. The lowest BCUT2D eigenvalue weighted by Gasteiger charge is -2.11. The predicted molar refractivity (Wildman–Crippen MR) is 41.5 cm³/mol. The highest BCUT2D eigenvalue weighted by Gasteiger charge is 2.30. The summed E-state index contributed by atoms with van der Waals surface area (Å²) in [7, 11) is 0. The summed E-state index contributed by atoms with van der Waals surface area (Å²) < 4.78 is 15.4. The molecule has 0 aromatic carbocycles. The van der Waals surface area contributed by atoms with Crippen LogP contribution in [0.5, 0.6) is 0 Å². The Morgan fingerprint density at radius 1 is 1.42 bits per heavy atom. The molecule has 3 atom stereocenters. The molecule has 0 saturated carbocycles. The molecule has 1 aliphatic heterocycles. The fourth-order valence-corrected chi connectivity index (χ4v) is 1.15. The fourth-order valence-electron chi connectivity index (χ4n) is 1.15. The van der Waals surface area contributed by atoms with Crippen LogP contribution in [0, 0.1) is 0 Å². The van der Waals surface area contributed by atoms with Crippen molar-refractivity contribution in [3.8, 4) is 0 Å². The van der Waals surface area contributed by atoms with Crippen LogP contribution in [0.1, 0.15) is 20.8 Å². The van der Waals surface area contributed by atoms with Gasteiger partial charge in [0.2, 0.25) is 0 Å². The monoisotopic (exact) mass is 174 g/mol. The third-order valence-electron chi connectivity index (χ3n) is 1.75. The average molecular weight is 174 g/mol. The van der Waals surface area contributed by atoms with Gasteiger partial charge < -0.3 is 14.2 Å². The number of hydrogen-bond donors (Lipinski definition) is 0. The van der Waals surface area contributed by atoms with Gasteiger partial charge in [-0.25, -0.2) is 0 Å². The maximum atomic E-state index is 10.5. The molecule has 1 aliphatic rings. The van der Waals surface area contributed by atoms with Crippen molar-refractivity contribution >= 4 is 5.97 Å². The lowest BCUT2D eigenvalue weighted by molar-refractivity contribution is -0.145. The molecule has 0 amide bonds. The molecule has 4 nitrogen and oxygen atoms in total. The van der Waals surface area contributed by atoms with Crippen LogP contribution in [0.25, 0.3) is 0 Å². The Morgan fingerprint density at radius 2 is 2.08 bits per heavy atom. The topological polar surface area (TPSA) is 44.8 Å². The molecular formula is C8H14O4. The molecule has 0 aromatic heterocycles. The summed E-state index contributed by atoms with van der Waals surface area (Å²) in [6.07, 6.45) is -0.316. The number of carbonyl (C=O) groups is 1. The molecule has 0 aliphatic carbocycles. The molecule has 0 radical (unpaired) electrons. The van der Waals surface area contributed by atoms with Gasteiger partial charge in [0.1, 0.15) is 12.7 Å². The van der Waals surface area contributed by atoms with Crippen LogP contribution in [-0.2, 0) is 19.0 Å². The first-order valence-corrected chi connectivity index (χ1v) is 4.04. The third-order valence-corrected chi connectivity index (χ3v) is 1.75. The number of esters is 1. The van der Waals surface area contributed by atoms with Gasteiger partial charge in [-0.1, -0.05) is 0 Å². The van der Waals surface area contributed by atoms with Gasteiger partial charge in [-0.2, -0.15) is 0 Å². The summed E-state index contributed by atoms with van der Waals surface area (Å²) in [6.45, 7) is 5.38. The first-order chi connectivity index (χ1) is 5.59. The quantitative estimate of drug-likeness (QED) is 0.578. The summed E-state index contributed by atoms with van der Waals surface area (Å²) in [4.78, 5) is 10.5. The standard InChI is InChI=1S/C8H14O4/c1-5-8(4-10-6(2)9)12-7(3)11-5/h5,7-8H,4H2,1-3H3. The summed E-state index contributed by atoms with van der Waals surface area (Å²) in [6, 6.07) is 0. The van der Waals surface area contributed by atoms with Gasteiger partial charge in [-0.15, -0.1) is 0 Å². The Hall–Kier alpha value is -0.610. The summed E-state index contributed by atoms with van der Waals surface area (Å²) in [5.41, 5.74) is 0. The molecule has 0 aromatic rings. The second-order valence-electron chi connectivity index (χ2n) is 2.89. The normalized spacial score (nSPS) is 35.1. The van der Waals surface area contributed by atoms with E-state index in [1.807, 2.05) is 13.8 Å². The van der Waals surface area contributed by atoms with Crippen LogP contribution >= 0.6 is 0 Å². The number of ether oxygens (including phenoxy) is 3. The Labute approximate surface area is 71.8 Å². The minimum Gasteiger partial charge on any atom is -0.463 e. The van der Waals surface area contributed by atoms with Gasteiger partial charge in [0, 0.05) is 6.92 Å². The van der Waals surface area contributed by atoms with Crippen LogP contribution in [0.2, 0.25) is 0 Å². The molecule has 0 bridgehead atoms. The van der Waals surface area contributed by atoms with Crippen molar-refractivity contribution < 1.29 is 19.0 Å². The van der Waals surface area contributed by atoms with Crippen molar-refractivity contribution in [3.63, 3.8) is 0 Å². The maximum absolute atomic E-state index is 10.5. The van der Waals surface area contributed by atoms with Gasteiger partial charge in [0.15, 0.2) is 6.29 Å². The van der Waals surface area contributed by atoms with Crippen molar-refractivity contribution in [3.05, 3.63) is 0 Å². The lowest BCUT2D eigenvalue weighted by atomic mass is 10.2. The van der Waals surface area contributed by atoms with Crippen molar-refractivity contribution in [2.75, 3.05) is 6.61 Å². The lowest BCUT2D eigenvalue weighted by Crippen LogP contribution is -2.26. The third kappa shape index (κ3) is 2.46.